The van der Waals surface area contributed by atoms with Crippen molar-refractivity contribution in [3.63, 3.8) is 0 Å². The van der Waals surface area contributed by atoms with E-state index in [1.807, 2.05) is 0 Å². The first-order valence-electron chi connectivity index (χ1n) is 6.88. The standard InChI is InChI=1S/C13H19N3O5/c1-9-14-12(15-21-9)13(18)16(6-5-11(17)19-2)8-10-4-3-7-20-10/h10H,3-8H2,1-2H3. The van der Waals surface area contributed by atoms with Crippen LogP contribution in [0.25, 0.3) is 0 Å². The van der Waals surface area contributed by atoms with Crippen molar-refractivity contribution in [2.24, 2.45) is 0 Å². The van der Waals surface area contributed by atoms with Crippen LogP contribution in [0.3, 0.4) is 0 Å². The molecule has 8 heteroatoms. The predicted octanol–water partition coefficient (Wildman–Crippen LogP) is 0.562. The lowest BCUT2D eigenvalue weighted by Gasteiger charge is -2.23. The molecule has 8 nitrogen and oxygen atoms in total. The molecule has 2 heterocycles. The summed E-state index contributed by atoms with van der Waals surface area (Å²) < 4.78 is 15.0. The maximum Gasteiger partial charge on any atom is 0.307 e. The van der Waals surface area contributed by atoms with Crippen molar-refractivity contribution < 1.29 is 23.6 Å². The first kappa shape index (κ1) is 15.4. The number of amides is 1. The number of carbonyl (C=O) groups excluding carboxylic acids is 2. The number of ether oxygens (including phenoxy) is 2. The van der Waals surface area contributed by atoms with Gasteiger partial charge in [0.05, 0.1) is 19.6 Å². The molecule has 116 valence electrons. The lowest BCUT2D eigenvalue weighted by atomic mass is 10.2. The zero-order chi connectivity index (χ0) is 15.2. The topological polar surface area (TPSA) is 94.8 Å². The van der Waals surface area contributed by atoms with Crippen molar-refractivity contribution in [1.29, 1.82) is 0 Å². The summed E-state index contributed by atoms with van der Waals surface area (Å²) in [4.78, 5) is 29.1. The Kier molecular flexibility index (Phi) is 5.26. The van der Waals surface area contributed by atoms with Crippen LogP contribution >= 0.6 is 0 Å². The summed E-state index contributed by atoms with van der Waals surface area (Å²) >= 11 is 0. The number of rotatable bonds is 6. The van der Waals surface area contributed by atoms with Gasteiger partial charge in [-0.1, -0.05) is 5.16 Å². The van der Waals surface area contributed by atoms with E-state index in [9.17, 15) is 9.59 Å². The van der Waals surface area contributed by atoms with Crippen LogP contribution in [0.15, 0.2) is 4.52 Å². The van der Waals surface area contributed by atoms with Crippen LogP contribution in [0.1, 0.15) is 35.8 Å². The van der Waals surface area contributed by atoms with Gasteiger partial charge in [0.15, 0.2) is 0 Å². The number of hydrogen-bond acceptors (Lipinski definition) is 7. The number of nitrogens with zero attached hydrogens (tertiary/aromatic N) is 3. The fraction of sp³-hybridized carbons (Fsp3) is 0.692. The van der Waals surface area contributed by atoms with Crippen molar-refractivity contribution >= 4 is 11.9 Å². The molecule has 1 aliphatic rings. The summed E-state index contributed by atoms with van der Waals surface area (Å²) in [6.45, 7) is 2.95. The van der Waals surface area contributed by atoms with Gasteiger partial charge >= 0.3 is 5.97 Å². The number of hydrogen-bond donors (Lipinski definition) is 0. The van der Waals surface area contributed by atoms with Crippen molar-refractivity contribution in [3.05, 3.63) is 11.7 Å². The molecule has 2 rings (SSSR count). The molecule has 0 radical (unpaired) electrons. The first-order chi connectivity index (χ1) is 10.1. The van der Waals surface area contributed by atoms with Crippen LogP contribution in [0.5, 0.6) is 0 Å². The SMILES string of the molecule is COC(=O)CCN(CC1CCCO1)C(=O)c1noc(C)n1. The van der Waals surface area contributed by atoms with E-state index >= 15 is 0 Å². The van der Waals surface area contributed by atoms with Gasteiger partial charge in [0.2, 0.25) is 5.89 Å². The molecular formula is C13H19N3O5. The third-order valence-electron chi connectivity index (χ3n) is 3.27. The Morgan fingerprint density at radius 3 is 2.86 bits per heavy atom. The third kappa shape index (κ3) is 4.25. The summed E-state index contributed by atoms with van der Waals surface area (Å²) in [7, 11) is 1.32. The van der Waals surface area contributed by atoms with E-state index in [4.69, 9.17) is 9.26 Å². The van der Waals surface area contributed by atoms with Crippen LogP contribution in [0.4, 0.5) is 0 Å². The van der Waals surface area contributed by atoms with E-state index in [-0.39, 0.29) is 36.8 Å². The fourth-order valence-corrected chi connectivity index (χ4v) is 2.17. The van der Waals surface area contributed by atoms with Crippen LogP contribution in [-0.4, -0.2) is 59.8 Å². The molecule has 1 fully saturated rings. The van der Waals surface area contributed by atoms with Crippen LogP contribution in [-0.2, 0) is 14.3 Å². The monoisotopic (exact) mass is 297 g/mol. The minimum atomic E-state index is -0.371. The highest BCUT2D eigenvalue weighted by Crippen LogP contribution is 2.15. The molecule has 1 saturated heterocycles. The molecule has 1 aliphatic heterocycles. The van der Waals surface area contributed by atoms with Gasteiger partial charge in [-0.2, -0.15) is 4.98 Å². The van der Waals surface area contributed by atoms with Gasteiger partial charge in [-0.25, -0.2) is 0 Å². The summed E-state index contributed by atoms with van der Waals surface area (Å²) in [6, 6.07) is 0. The van der Waals surface area contributed by atoms with E-state index < -0.39 is 0 Å². The third-order valence-corrected chi connectivity index (χ3v) is 3.27. The Morgan fingerprint density at radius 1 is 1.48 bits per heavy atom. The Bertz CT molecular complexity index is 496. The molecule has 0 aliphatic carbocycles. The second-order valence-corrected chi connectivity index (χ2v) is 4.85. The summed E-state index contributed by atoms with van der Waals surface area (Å²) in [5.74, 6) is -0.422. The van der Waals surface area contributed by atoms with Crippen molar-refractivity contribution in [2.45, 2.75) is 32.3 Å². The highest BCUT2D eigenvalue weighted by Gasteiger charge is 2.26. The van der Waals surface area contributed by atoms with Gasteiger partial charge in [-0.3, -0.25) is 9.59 Å². The zero-order valence-corrected chi connectivity index (χ0v) is 12.2. The Balaban J connectivity index is 2.02. The maximum absolute atomic E-state index is 12.4. The predicted molar refractivity (Wildman–Crippen MR) is 70.5 cm³/mol. The summed E-state index contributed by atoms with van der Waals surface area (Å²) in [5.41, 5.74) is 0. The summed E-state index contributed by atoms with van der Waals surface area (Å²) in [5, 5.41) is 3.62. The number of esters is 1. The first-order valence-corrected chi connectivity index (χ1v) is 6.88. The molecule has 0 N–H and O–H groups in total. The average molecular weight is 297 g/mol. The number of methoxy groups -OCH3 is 1. The van der Waals surface area contributed by atoms with Gasteiger partial charge < -0.3 is 18.9 Å². The number of aryl methyl sites for hydroxylation is 1. The highest BCUT2D eigenvalue weighted by atomic mass is 16.5. The van der Waals surface area contributed by atoms with Crippen LogP contribution in [0.2, 0.25) is 0 Å². The van der Waals surface area contributed by atoms with Gasteiger partial charge in [0.25, 0.3) is 11.7 Å². The molecule has 1 atom stereocenters. The van der Waals surface area contributed by atoms with Crippen molar-refractivity contribution in [3.8, 4) is 0 Å². The number of aromatic nitrogens is 2. The highest BCUT2D eigenvalue weighted by molar-refractivity contribution is 5.90. The molecule has 1 aromatic heterocycles. The molecule has 1 unspecified atom stereocenters. The van der Waals surface area contributed by atoms with Crippen LogP contribution < -0.4 is 0 Å². The lowest BCUT2D eigenvalue weighted by Crippen LogP contribution is -2.39. The quantitative estimate of drug-likeness (QED) is 0.708. The molecule has 21 heavy (non-hydrogen) atoms. The minimum absolute atomic E-state index is 0.00429. The molecule has 1 amide bonds. The molecule has 0 spiro atoms. The van der Waals surface area contributed by atoms with Gasteiger partial charge in [0.1, 0.15) is 0 Å². The Labute approximate surface area is 122 Å². The molecule has 1 aromatic rings. The lowest BCUT2D eigenvalue weighted by molar-refractivity contribution is -0.140. The van der Waals surface area contributed by atoms with Crippen LogP contribution in [0, 0.1) is 6.92 Å². The molecule has 0 aromatic carbocycles. The number of carbonyl (C=O) groups is 2. The zero-order valence-electron chi connectivity index (χ0n) is 12.2. The average Bonchev–Trinajstić information content (AvgIpc) is 3.13. The fourth-order valence-electron chi connectivity index (χ4n) is 2.17. The van der Waals surface area contributed by atoms with E-state index in [0.717, 1.165) is 12.8 Å². The maximum atomic E-state index is 12.4. The summed E-state index contributed by atoms with van der Waals surface area (Å²) in [6.07, 6.45) is 1.98. The molecule has 0 bridgehead atoms. The smallest absolute Gasteiger partial charge is 0.307 e. The van der Waals surface area contributed by atoms with E-state index in [2.05, 4.69) is 14.9 Å². The van der Waals surface area contributed by atoms with Gasteiger partial charge in [0, 0.05) is 26.6 Å². The van der Waals surface area contributed by atoms with Gasteiger partial charge in [-0.15, -0.1) is 0 Å². The Morgan fingerprint density at radius 2 is 2.29 bits per heavy atom. The van der Waals surface area contributed by atoms with Gasteiger partial charge in [-0.05, 0) is 12.8 Å². The van der Waals surface area contributed by atoms with E-state index in [1.165, 1.54) is 12.0 Å². The second kappa shape index (κ2) is 7.16. The second-order valence-electron chi connectivity index (χ2n) is 4.85. The van der Waals surface area contributed by atoms with E-state index in [1.54, 1.807) is 6.92 Å². The van der Waals surface area contributed by atoms with Crippen molar-refractivity contribution in [2.75, 3.05) is 26.8 Å². The largest absolute Gasteiger partial charge is 0.469 e. The molecular weight excluding hydrogens is 278 g/mol. The molecule has 0 saturated carbocycles. The van der Waals surface area contributed by atoms with Crippen molar-refractivity contribution in [1.82, 2.24) is 15.0 Å². The Hall–Kier alpha value is -1.96. The normalized spacial score (nSPS) is 17.7. The van der Waals surface area contributed by atoms with E-state index in [0.29, 0.717) is 19.0 Å². The minimum Gasteiger partial charge on any atom is -0.469 e.